The van der Waals surface area contributed by atoms with Gasteiger partial charge in [0, 0.05) is 17.8 Å². The summed E-state index contributed by atoms with van der Waals surface area (Å²) < 4.78 is 13.5. The van der Waals surface area contributed by atoms with Crippen molar-refractivity contribution in [2.45, 2.75) is 20.0 Å². The van der Waals surface area contributed by atoms with Gasteiger partial charge in [-0.05, 0) is 43.2 Å². The average Bonchev–Trinajstić information content (AvgIpc) is 2.56. The first-order chi connectivity index (χ1) is 11.4. The van der Waals surface area contributed by atoms with E-state index < -0.39 is 23.7 Å². The fourth-order valence-electron chi connectivity index (χ4n) is 2.13. The molecule has 0 saturated carbocycles. The smallest absolute Gasteiger partial charge is 0.313 e. The number of rotatable bonds is 4. The van der Waals surface area contributed by atoms with Crippen molar-refractivity contribution >= 4 is 17.5 Å². The molecule has 0 aliphatic rings. The van der Waals surface area contributed by atoms with Crippen molar-refractivity contribution in [3.8, 4) is 0 Å². The highest BCUT2D eigenvalue weighted by atomic mass is 19.1. The van der Waals surface area contributed by atoms with Gasteiger partial charge >= 0.3 is 11.8 Å². The first kappa shape index (κ1) is 17.6. The third-order valence-electron chi connectivity index (χ3n) is 3.69. The highest BCUT2D eigenvalue weighted by Crippen LogP contribution is 2.16. The van der Waals surface area contributed by atoms with Gasteiger partial charge in [0.2, 0.25) is 0 Å². The van der Waals surface area contributed by atoms with Crippen LogP contribution >= 0.6 is 0 Å². The van der Waals surface area contributed by atoms with Crippen LogP contribution in [-0.4, -0.2) is 23.5 Å². The fraction of sp³-hybridized carbons (Fsp3) is 0.222. The number of halogens is 1. The topological polar surface area (TPSA) is 78.4 Å². The molecule has 0 heterocycles. The van der Waals surface area contributed by atoms with Gasteiger partial charge in [-0.1, -0.05) is 24.3 Å². The zero-order chi connectivity index (χ0) is 17.7. The number of carbonyl (C=O) groups excluding carboxylic acids is 2. The Kier molecular flexibility index (Phi) is 5.65. The number of nitrogens with one attached hydrogen (secondary N) is 2. The summed E-state index contributed by atoms with van der Waals surface area (Å²) in [4.78, 5) is 23.6. The number of aliphatic hydroxyl groups is 1. The summed E-state index contributed by atoms with van der Waals surface area (Å²) in [5, 5.41) is 14.7. The van der Waals surface area contributed by atoms with E-state index in [-0.39, 0.29) is 12.1 Å². The molecular weight excluding hydrogens is 311 g/mol. The molecule has 1 atom stereocenters. The molecule has 0 aliphatic carbocycles. The summed E-state index contributed by atoms with van der Waals surface area (Å²) in [5.74, 6) is -2.32. The van der Waals surface area contributed by atoms with Crippen molar-refractivity contribution in [3.05, 3.63) is 65.0 Å². The Labute approximate surface area is 139 Å². The number of hydrogen-bond donors (Lipinski definition) is 3. The van der Waals surface area contributed by atoms with Crippen LogP contribution in [0.25, 0.3) is 0 Å². The third kappa shape index (κ3) is 4.39. The molecule has 3 N–H and O–H groups in total. The van der Waals surface area contributed by atoms with Crippen LogP contribution in [0.3, 0.4) is 0 Å². The molecule has 0 aliphatic heterocycles. The molecule has 0 fully saturated rings. The molecule has 0 spiro atoms. The Morgan fingerprint density at radius 3 is 2.46 bits per heavy atom. The van der Waals surface area contributed by atoms with E-state index in [0.717, 1.165) is 11.1 Å². The molecule has 2 amide bonds. The largest absolute Gasteiger partial charge is 0.386 e. The quantitative estimate of drug-likeness (QED) is 0.752. The first-order valence-electron chi connectivity index (χ1n) is 7.47. The average molecular weight is 330 g/mol. The minimum Gasteiger partial charge on any atom is -0.386 e. The van der Waals surface area contributed by atoms with Crippen LogP contribution < -0.4 is 10.6 Å². The lowest BCUT2D eigenvalue weighted by molar-refractivity contribution is -0.136. The van der Waals surface area contributed by atoms with Crippen LogP contribution in [0.4, 0.5) is 10.1 Å². The highest BCUT2D eigenvalue weighted by molar-refractivity contribution is 6.39. The van der Waals surface area contributed by atoms with Crippen LogP contribution in [0, 0.1) is 19.7 Å². The maximum atomic E-state index is 13.5. The van der Waals surface area contributed by atoms with E-state index in [0.29, 0.717) is 5.69 Å². The SMILES string of the molecule is Cc1ccc(NC(=O)C(=O)NCC(O)c2ccccc2F)cc1C. The van der Waals surface area contributed by atoms with Gasteiger partial charge < -0.3 is 15.7 Å². The Morgan fingerprint density at radius 2 is 1.79 bits per heavy atom. The van der Waals surface area contributed by atoms with Crippen molar-refractivity contribution in [2.24, 2.45) is 0 Å². The number of benzene rings is 2. The molecule has 0 radical (unpaired) electrons. The number of carbonyl (C=O) groups is 2. The van der Waals surface area contributed by atoms with Gasteiger partial charge in [0.05, 0.1) is 6.10 Å². The van der Waals surface area contributed by atoms with Crippen LogP contribution in [0.1, 0.15) is 22.8 Å². The predicted octanol–water partition coefficient (Wildman–Crippen LogP) is 2.23. The summed E-state index contributed by atoms with van der Waals surface area (Å²) in [6, 6.07) is 11.0. The Bertz CT molecular complexity index is 762. The zero-order valence-electron chi connectivity index (χ0n) is 13.5. The normalized spacial score (nSPS) is 11.7. The van der Waals surface area contributed by atoms with Gasteiger partial charge in [-0.2, -0.15) is 0 Å². The lowest BCUT2D eigenvalue weighted by atomic mass is 10.1. The van der Waals surface area contributed by atoms with Crippen LogP contribution in [0.2, 0.25) is 0 Å². The van der Waals surface area contributed by atoms with Crippen LogP contribution in [0.5, 0.6) is 0 Å². The van der Waals surface area contributed by atoms with Gasteiger partial charge in [0.15, 0.2) is 0 Å². The minimum atomic E-state index is -1.23. The second-order valence-corrected chi connectivity index (χ2v) is 5.50. The second-order valence-electron chi connectivity index (χ2n) is 5.50. The number of hydrogen-bond acceptors (Lipinski definition) is 3. The predicted molar refractivity (Wildman–Crippen MR) is 88.9 cm³/mol. The molecule has 0 saturated heterocycles. The Morgan fingerprint density at radius 1 is 1.08 bits per heavy atom. The molecular formula is C18H19FN2O3. The molecule has 5 nitrogen and oxygen atoms in total. The molecule has 126 valence electrons. The van der Waals surface area contributed by atoms with Gasteiger partial charge in [-0.3, -0.25) is 9.59 Å². The third-order valence-corrected chi connectivity index (χ3v) is 3.69. The maximum absolute atomic E-state index is 13.5. The summed E-state index contributed by atoms with van der Waals surface area (Å²) in [7, 11) is 0. The lowest BCUT2D eigenvalue weighted by Gasteiger charge is -2.13. The minimum absolute atomic E-state index is 0.0624. The van der Waals surface area contributed by atoms with Crippen LogP contribution in [-0.2, 0) is 9.59 Å². The summed E-state index contributed by atoms with van der Waals surface area (Å²) in [6.45, 7) is 3.58. The van der Waals surface area contributed by atoms with Crippen molar-refractivity contribution in [3.63, 3.8) is 0 Å². The van der Waals surface area contributed by atoms with Gasteiger partial charge in [-0.25, -0.2) is 4.39 Å². The van der Waals surface area contributed by atoms with Crippen molar-refractivity contribution in [1.82, 2.24) is 5.32 Å². The monoisotopic (exact) mass is 330 g/mol. The fourth-order valence-corrected chi connectivity index (χ4v) is 2.13. The van der Waals surface area contributed by atoms with Gasteiger partial charge in [0.1, 0.15) is 5.82 Å². The van der Waals surface area contributed by atoms with E-state index in [1.807, 2.05) is 19.9 Å². The molecule has 1 unspecified atom stereocenters. The number of amides is 2. The first-order valence-corrected chi connectivity index (χ1v) is 7.47. The molecule has 2 rings (SSSR count). The Balaban J connectivity index is 1.91. The summed E-state index contributed by atoms with van der Waals surface area (Å²) in [6.07, 6.45) is -1.23. The number of anilines is 1. The molecule has 2 aromatic carbocycles. The van der Waals surface area contributed by atoms with Crippen LogP contribution in [0.15, 0.2) is 42.5 Å². The molecule has 0 aromatic heterocycles. The van der Waals surface area contributed by atoms with Crippen molar-refractivity contribution in [2.75, 3.05) is 11.9 Å². The van der Waals surface area contributed by atoms with Gasteiger partial charge in [0.25, 0.3) is 0 Å². The lowest BCUT2D eigenvalue weighted by Crippen LogP contribution is -2.37. The molecule has 2 aromatic rings. The van der Waals surface area contributed by atoms with E-state index in [1.165, 1.54) is 18.2 Å². The van der Waals surface area contributed by atoms with E-state index in [1.54, 1.807) is 18.2 Å². The number of aryl methyl sites for hydroxylation is 2. The van der Waals surface area contributed by atoms with E-state index in [4.69, 9.17) is 0 Å². The second kappa shape index (κ2) is 7.70. The van der Waals surface area contributed by atoms with E-state index in [9.17, 15) is 19.1 Å². The standard InChI is InChI=1S/C18H19FN2O3/c1-11-7-8-13(9-12(11)2)21-18(24)17(23)20-10-16(22)14-5-3-4-6-15(14)19/h3-9,16,22H,10H2,1-2H3,(H,20,23)(H,21,24). The summed E-state index contributed by atoms with van der Waals surface area (Å²) in [5.41, 5.74) is 2.63. The highest BCUT2D eigenvalue weighted by Gasteiger charge is 2.17. The number of aliphatic hydroxyl groups excluding tert-OH is 1. The molecule has 0 bridgehead atoms. The van der Waals surface area contributed by atoms with E-state index in [2.05, 4.69) is 10.6 Å². The maximum Gasteiger partial charge on any atom is 0.313 e. The Hall–Kier alpha value is -2.73. The van der Waals surface area contributed by atoms with Crippen molar-refractivity contribution in [1.29, 1.82) is 0 Å². The molecule has 24 heavy (non-hydrogen) atoms. The zero-order valence-corrected chi connectivity index (χ0v) is 13.5. The summed E-state index contributed by atoms with van der Waals surface area (Å²) >= 11 is 0. The van der Waals surface area contributed by atoms with E-state index >= 15 is 0 Å². The molecule has 6 heteroatoms. The van der Waals surface area contributed by atoms with Crippen molar-refractivity contribution < 1.29 is 19.1 Å². The van der Waals surface area contributed by atoms with Gasteiger partial charge in [-0.15, -0.1) is 0 Å².